The number of hydrogen-bond acceptors (Lipinski definition) is 5. The van der Waals surface area contributed by atoms with Crippen LogP contribution >= 0.6 is 0 Å². The van der Waals surface area contributed by atoms with Crippen LogP contribution in [0.5, 0.6) is 5.88 Å². The zero-order valence-corrected chi connectivity index (χ0v) is 11.0. The molecular formula is C13H14N4O3. The largest absolute Gasteiger partial charge is 0.481 e. The third kappa shape index (κ3) is 2.22. The summed E-state index contributed by atoms with van der Waals surface area (Å²) in [4.78, 5) is 15.3. The number of ether oxygens (including phenoxy) is 1. The number of carbonyl (C=O) groups is 1. The molecule has 0 radical (unpaired) electrons. The van der Waals surface area contributed by atoms with Crippen molar-refractivity contribution in [1.29, 1.82) is 0 Å². The first-order chi connectivity index (χ1) is 9.70. The molecule has 0 aliphatic heterocycles. The van der Waals surface area contributed by atoms with Crippen molar-refractivity contribution in [3.8, 4) is 5.88 Å². The second-order valence-electron chi connectivity index (χ2n) is 4.73. The Morgan fingerprint density at radius 1 is 1.55 bits per heavy atom. The van der Waals surface area contributed by atoms with Gasteiger partial charge < -0.3 is 9.84 Å². The van der Waals surface area contributed by atoms with Gasteiger partial charge >= 0.3 is 5.97 Å². The number of nitrogens with zero attached hydrogens (tertiary/aromatic N) is 4. The minimum Gasteiger partial charge on any atom is -0.481 e. The fourth-order valence-corrected chi connectivity index (χ4v) is 2.24. The van der Waals surface area contributed by atoms with Crippen LogP contribution in [0.1, 0.15) is 40.5 Å². The standard InChI is InChI=1S/C13H14N4O3/c1-20-12-9(3-2-6-14-12)7-17-11(8-4-5-8)10(13(18)19)15-16-17/h2-3,6,8H,4-5,7H2,1H3,(H,18,19). The maximum absolute atomic E-state index is 11.2. The molecule has 2 aromatic rings. The summed E-state index contributed by atoms with van der Waals surface area (Å²) < 4.78 is 6.84. The molecule has 0 atom stereocenters. The molecule has 1 aliphatic rings. The summed E-state index contributed by atoms with van der Waals surface area (Å²) in [5.74, 6) is -0.267. The first-order valence-electron chi connectivity index (χ1n) is 6.35. The molecule has 0 amide bonds. The maximum Gasteiger partial charge on any atom is 0.358 e. The third-order valence-corrected chi connectivity index (χ3v) is 3.30. The van der Waals surface area contributed by atoms with E-state index in [9.17, 15) is 4.79 Å². The summed E-state index contributed by atoms with van der Waals surface area (Å²) in [6.45, 7) is 0.406. The van der Waals surface area contributed by atoms with E-state index in [0.29, 0.717) is 18.1 Å². The first-order valence-corrected chi connectivity index (χ1v) is 6.35. The van der Waals surface area contributed by atoms with Crippen LogP contribution in [0.2, 0.25) is 0 Å². The van der Waals surface area contributed by atoms with Crippen LogP contribution in [0.3, 0.4) is 0 Å². The lowest BCUT2D eigenvalue weighted by Crippen LogP contribution is -2.09. The smallest absolute Gasteiger partial charge is 0.358 e. The zero-order valence-electron chi connectivity index (χ0n) is 11.0. The third-order valence-electron chi connectivity index (χ3n) is 3.30. The topological polar surface area (TPSA) is 90.1 Å². The molecule has 0 unspecified atom stereocenters. The van der Waals surface area contributed by atoms with Gasteiger partial charge in [0.15, 0.2) is 5.69 Å². The van der Waals surface area contributed by atoms with Crippen molar-refractivity contribution in [3.05, 3.63) is 35.3 Å². The molecule has 20 heavy (non-hydrogen) atoms. The Hall–Kier alpha value is -2.44. The van der Waals surface area contributed by atoms with Crippen molar-refractivity contribution in [2.45, 2.75) is 25.3 Å². The lowest BCUT2D eigenvalue weighted by molar-refractivity contribution is 0.0689. The van der Waals surface area contributed by atoms with Crippen LogP contribution in [0.4, 0.5) is 0 Å². The van der Waals surface area contributed by atoms with E-state index < -0.39 is 5.97 Å². The lowest BCUT2D eigenvalue weighted by Gasteiger charge is -2.09. The summed E-state index contributed by atoms with van der Waals surface area (Å²) in [5.41, 5.74) is 1.59. The molecular weight excluding hydrogens is 260 g/mol. The first kappa shape index (κ1) is 12.6. The maximum atomic E-state index is 11.2. The highest BCUT2D eigenvalue weighted by Gasteiger charge is 2.33. The van der Waals surface area contributed by atoms with E-state index >= 15 is 0 Å². The van der Waals surface area contributed by atoms with Crippen molar-refractivity contribution >= 4 is 5.97 Å². The van der Waals surface area contributed by atoms with Gasteiger partial charge in [-0.1, -0.05) is 11.3 Å². The van der Waals surface area contributed by atoms with E-state index in [1.54, 1.807) is 18.0 Å². The van der Waals surface area contributed by atoms with Gasteiger partial charge in [0.25, 0.3) is 0 Å². The minimum absolute atomic E-state index is 0.0513. The predicted molar refractivity (Wildman–Crippen MR) is 68.8 cm³/mol. The van der Waals surface area contributed by atoms with E-state index in [4.69, 9.17) is 9.84 Å². The Morgan fingerprint density at radius 3 is 3.00 bits per heavy atom. The average Bonchev–Trinajstić information content (AvgIpc) is 3.20. The molecule has 1 N–H and O–H groups in total. The van der Waals surface area contributed by atoms with E-state index in [-0.39, 0.29) is 11.6 Å². The van der Waals surface area contributed by atoms with Gasteiger partial charge in [0, 0.05) is 17.7 Å². The zero-order chi connectivity index (χ0) is 14.1. The molecule has 0 spiro atoms. The molecule has 7 heteroatoms. The molecule has 0 bridgehead atoms. The lowest BCUT2D eigenvalue weighted by atomic mass is 10.2. The predicted octanol–water partition coefficient (Wildman–Crippen LogP) is 1.31. The van der Waals surface area contributed by atoms with Gasteiger partial charge in [0.2, 0.25) is 5.88 Å². The summed E-state index contributed by atoms with van der Waals surface area (Å²) in [6, 6.07) is 3.69. The van der Waals surface area contributed by atoms with Crippen LogP contribution in [-0.4, -0.2) is 38.2 Å². The fourth-order valence-electron chi connectivity index (χ4n) is 2.24. The number of pyridine rings is 1. The summed E-state index contributed by atoms with van der Waals surface area (Å²) in [7, 11) is 1.55. The van der Waals surface area contributed by atoms with Gasteiger partial charge in [0.05, 0.1) is 19.3 Å². The Morgan fingerprint density at radius 2 is 2.35 bits per heavy atom. The summed E-state index contributed by atoms with van der Waals surface area (Å²) >= 11 is 0. The second-order valence-corrected chi connectivity index (χ2v) is 4.73. The van der Waals surface area contributed by atoms with Crippen molar-refractivity contribution in [1.82, 2.24) is 20.0 Å². The highest BCUT2D eigenvalue weighted by molar-refractivity contribution is 5.86. The van der Waals surface area contributed by atoms with E-state index in [2.05, 4.69) is 15.3 Å². The second kappa shape index (κ2) is 4.92. The number of methoxy groups -OCH3 is 1. The van der Waals surface area contributed by atoms with Crippen molar-refractivity contribution in [2.24, 2.45) is 0 Å². The van der Waals surface area contributed by atoms with E-state index in [0.717, 1.165) is 18.4 Å². The highest BCUT2D eigenvalue weighted by atomic mass is 16.5. The van der Waals surface area contributed by atoms with E-state index in [1.165, 1.54) is 0 Å². The molecule has 104 valence electrons. The quantitative estimate of drug-likeness (QED) is 0.884. The minimum atomic E-state index is -1.03. The van der Waals surface area contributed by atoms with Crippen LogP contribution in [-0.2, 0) is 6.54 Å². The van der Waals surface area contributed by atoms with Crippen LogP contribution in [0, 0.1) is 0 Å². The van der Waals surface area contributed by atoms with E-state index in [1.807, 2.05) is 12.1 Å². The number of carboxylic acids is 1. The number of carboxylic acid groups (broad SMARTS) is 1. The van der Waals surface area contributed by atoms with Gasteiger partial charge in [-0.2, -0.15) is 0 Å². The molecule has 3 rings (SSSR count). The van der Waals surface area contributed by atoms with Gasteiger partial charge in [-0.25, -0.2) is 14.5 Å². The molecule has 1 aliphatic carbocycles. The number of aromatic nitrogens is 4. The Labute approximate surface area is 115 Å². The molecule has 2 aromatic heterocycles. The van der Waals surface area contributed by atoms with Crippen molar-refractivity contribution in [3.63, 3.8) is 0 Å². The fraction of sp³-hybridized carbons (Fsp3) is 0.385. The van der Waals surface area contributed by atoms with Crippen LogP contribution in [0.15, 0.2) is 18.3 Å². The van der Waals surface area contributed by atoms with Crippen molar-refractivity contribution < 1.29 is 14.6 Å². The number of aromatic carboxylic acids is 1. The van der Waals surface area contributed by atoms with Gasteiger partial charge in [0.1, 0.15) is 0 Å². The Balaban J connectivity index is 1.96. The summed E-state index contributed by atoms with van der Waals surface area (Å²) in [5, 5.41) is 16.9. The number of rotatable bonds is 5. The highest BCUT2D eigenvalue weighted by Crippen LogP contribution is 2.41. The molecule has 1 fully saturated rings. The molecule has 2 heterocycles. The normalized spacial score (nSPS) is 14.2. The Bertz CT molecular complexity index is 649. The molecule has 0 saturated heterocycles. The molecule has 1 saturated carbocycles. The summed E-state index contributed by atoms with van der Waals surface area (Å²) in [6.07, 6.45) is 3.61. The Kier molecular flexibility index (Phi) is 3.09. The van der Waals surface area contributed by atoms with Crippen LogP contribution < -0.4 is 4.74 Å². The molecule has 7 nitrogen and oxygen atoms in total. The van der Waals surface area contributed by atoms with Gasteiger partial charge in [-0.15, -0.1) is 5.10 Å². The van der Waals surface area contributed by atoms with Gasteiger partial charge in [-0.3, -0.25) is 0 Å². The van der Waals surface area contributed by atoms with Crippen molar-refractivity contribution in [2.75, 3.05) is 7.11 Å². The SMILES string of the molecule is COc1ncccc1Cn1nnc(C(=O)O)c1C1CC1. The average molecular weight is 274 g/mol. The monoisotopic (exact) mass is 274 g/mol. The molecule has 0 aromatic carbocycles. The number of hydrogen-bond donors (Lipinski definition) is 1. The van der Waals surface area contributed by atoms with Gasteiger partial charge in [-0.05, 0) is 18.9 Å². The van der Waals surface area contributed by atoms with Crippen LogP contribution in [0.25, 0.3) is 0 Å².